The molecular weight excluding hydrogens is 581 g/mol. The molecule has 0 bridgehead atoms. The lowest BCUT2D eigenvalue weighted by Crippen LogP contribution is -1.98. The maximum atomic E-state index is 2.51. The van der Waals surface area contributed by atoms with Crippen molar-refractivity contribution >= 4 is 54.4 Å². The van der Waals surface area contributed by atoms with Gasteiger partial charge in [0.05, 0.1) is 22.1 Å². The summed E-state index contributed by atoms with van der Waals surface area (Å²) in [4.78, 5) is 0. The molecule has 224 valence electrons. The molecule has 0 unspecified atom stereocenters. The predicted molar refractivity (Wildman–Crippen MR) is 203 cm³/mol. The molecule has 0 fully saturated rings. The maximum absolute atomic E-state index is 2.51. The second-order valence-electron chi connectivity index (χ2n) is 12.6. The summed E-state index contributed by atoms with van der Waals surface area (Å²) < 4.78 is 4.97. The predicted octanol–water partition coefficient (Wildman–Crippen LogP) is 12.4. The number of benzene rings is 8. The average molecular weight is 611 g/mol. The van der Waals surface area contributed by atoms with E-state index in [1.165, 1.54) is 76.6 Å². The van der Waals surface area contributed by atoms with Crippen LogP contribution < -0.4 is 0 Å². The first-order valence-corrected chi connectivity index (χ1v) is 16.5. The number of para-hydroxylation sites is 3. The van der Waals surface area contributed by atoms with Gasteiger partial charge in [-0.3, -0.25) is 0 Å². The summed E-state index contributed by atoms with van der Waals surface area (Å²) in [6.07, 6.45) is 0. The molecule has 0 amide bonds. The Labute approximate surface area is 278 Å². The highest BCUT2D eigenvalue weighted by Crippen LogP contribution is 2.44. The summed E-state index contributed by atoms with van der Waals surface area (Å²) in [5, 5.41) is 7.50. The maximum Gasteiger partial charge on any atom is 0.0640 e. The van der Waals surface area contributed by atoms with Crippen LogP contribution in [0.4, 0.5) is 0 Å². The average Bonchev–Trinajstić information content (AvgIpc) is 3.69. The smallest absolute Gasteiger partial charge is 0.0640 e. The summed E-state index contributed by atoms with van der Waals surface area (Å²) in [5.41, 5.74) is 12.0. The lowest BCUT2D eigenvalue weighted by atomic mass is 9.97. The van der Waals surface area contributed by atoms with E-state index in [0.717, 1.165) is 11.4 Å². The van der Waals surface area contributed by atoms with Gasteiger partial charge in [-0.2, -0.15) is 0 Å². The number of nitrogens with zero attached hydrogens (tertiary/aromatic N) is 2. The molecule has 2 heteroatoms. The second kappa shape index (κ2) is 10.6. The van der Waals surface area contributed by atoms with E-state index in [1.54, 1.807) is 0 Å². The Hall–Kier alpha value is -6.38. The summed E-state index contributed by atoms with van der Waals surface area (Å²) in [5.74, 6) is 0. The van der Waals surface area contributed by atoms with Crippen molar-refractivity contribution in [3.8, 4) is 33.6 Å². The highest BCUT2D eigenvalue weighted by Gasteiger charge is 2.21. The van der Waals surface area contributed by atoms with Crippen molar-refractivity contribution in [2.45, 2.75) is 0 Å². The lowest BCUT2D eigenvalue weighted by Gasteiger charge is -2.16. The third kappa shape index (κ3) is 4.00. The minimum atomic E-state index is 1.15. The fraction of sp³-hybridized carbons (Fsp3) is 0. The van der Waals surface area contributed by atoms with E-state index in [-0.39, 0.29) is 0 Å². The van der Waals surface area contributed by atoms with Crippen LogP contribution in [0.15, 0.2) is 182 Å². The first-order valence-electron chi connectivity index (χ1n) is 16.5. The van der Waals surface area contributed by atoms with E-state index in [0.29, 0.717) is 0 Å². The van der Waals surface area contributed by atoms with Gasteiger partial charge in [-0.25, -0.2) is 0 Å². The molecule has 0 N–H and O–H groups in total. The van der Waals surface area contributed by atoms with Crippen molar-refractivity contribution in [3.05, 3.63) is 182 Å². The molecule has 0 saturated heterocycles. The van der Waals surface area contributed by atoms with Crippen LogP contribution in [-0.2, 0) is 0 Å². The van der Waals surface area contributed by atoms with Gasteiger partial charge in [-0.15, -0.1) is 0 Å². The molecule has 0 aliphatic heterocycles. The number of fused-ring (bicyclic) bond motifs is 9. The quantitative estimate of drug-likeness (QED) is 0.188. The first kappa shape index (κ1) is 26.8. The Balaban J connectivity index is 1.42. The molecule has 10 rings (SSSR count). The van der Waals surface area contributed by atoms with E-state index in [2.05, 4.69) is 191 Å². The van der Waals surface area contributed by atoms with Crippen LogP contribution in [0.1, 0.15) is 0 Å². The Morgan fingerprint density at radius 1 is 0.292 bits per heavy atom. The Morgan fingerprint density at radius 3 is 1.25 bits per heavy atom. The standard InChI is InChI=1S/C46H30N2/c1-4-14-31(15-5-1)34-28-35(32-16-6-2-7-17-32)30-37(29-34)48-43-23-13-11-21-39(43)41-27-25-33-24-26-40-38-20-10-12-22-42(38)47(36-18-8-3-9-19-36)45(40)44(33)46(41)48/h1-30H. The molecule has 2 aromatic heterocycles. The van der Waals surface area contributed by atoms with Crippen LogP contribution >= 0.6 is 0 Å². The molecule has 0 atom stereocenters. The Bertz CT molecular complexity index is 2740. The number of aromatic nitrogens is 2. The molecule has 0 spiro atoms. The largest absolute Gasteiger partial charge is 0.309 e. The summed E-state index contributed by atoms with van der Waals surface area (Å²) >= 11 is 0. The molecule has 0 aliphatic carbocycles. The highest BCUT2D eigenvalue weighted by molar-refractivity contribution is 6.28. The molecule has 10 aromatic rings. The summed E-state index contributed by atoms with van der Waals surface area (Å²) in [6, 6.07) is 66.2. The fourth-order valence-electron chi connectivity index (χ4n) is 7.76. The van der Waals surface area contributed by atoms with Gasteiger partial charge in [0.1, 0.15) is 0 Å². The molecule has 0 aliphatic rings. The minimum Gasteiger partial charge on any atom is -0.309 e. The monoisotopic (exact) mass is 610 g/mol. The SMILES string of the molecule is c1ccc(-c2cc(-c3ccccc3)cc(-n3c4ccccc4c4ccc5ccc6c7ccccc7n(-c7ccccc7)c6c5c43)c2)cc1. The number of hydrogen-bond donors (Lipinski definition) is 0. The molecule has 0 radical (unpaired) electrons. The van der Waals surface area contributed by atoms with Crippen LogP contribution in [-0.4, -0.2) is 9.13 Å². The first-order chi connectivity index (χ1) is 23.8. The van der Waals surface area contributed by atoms with Gasteiger partial charge in [-0.05, 0) is 70.1 Å². The van der Waals surface area contributed by atoms with E-state index >= 15 is 0 Å². The molecule has 0 saturated carbocycles. The van der Waals surface area contributed by atoms with Crippen molar-refractivity contribution in [2.75, 3.05) is 0 Å². The van der Waals surface area contributed by atoms with Crippen molar-refractivity contribution in [1.29, 1.82) is 0 Å². The van der Waals surface area contributed by atoms with Gasteiger partial charge in [0.15, 0.2) is 0 Å². The van der Waals surface area contributed by atoms with E-state index in [1.807, 2.05) is 0 Å². The zero-order valence-electron chi connectivity index (χ0n) is 26.2. The van der Waals surface area contributed by atoms with Crippen molar-refractivity contribution in [3.63, 3.8) is 0 Å². The molecular formula is C46H30N2. The topological polar surface area (TPSA) is 9.86 Å². The third-order valence-electron chi connectivity index (χ3n) is 9.85. The highest BCUT2D eigenvalue weighted by atomic mass is 15.0. The second-order valence-corrected chi connectivity index (χ2v) is 12.6. The lowest BCUT2D eigenvalue weighted by molar-refractivity contribution is 1.18. The molecule has 8 aromatic carbocycles. The summed E-state index contributed by atoms with van der Waals surface area (Å²) in [7, 11) is 0. The molecule has 2 heterocycles. The third-order valence-corrected chi connectivity index (χ3v) is 9.85. The molecule has 48 heavy (non-hydrogen) atoms. The minimum absolute atomic E-state index is 1.15. The zero-order chi connectivity index (χ0) is 31.6. The van der Waals surface area contributed by atoms with Crippen LogP contribution in [0.25, 0.3) is 88.0 Å². The van der Waals surface area contributed by atoms with Gasteiger partial charge in [0.25, 0.3) is 0 Å². The van der Waals surface area contributed by atoms with Crippen molar-refractivity contribution in [2.24, 2.45) is 0 Å². The zero-order valence-corrected chi connectivity index (χ0v) is 26.2. The van der Waals surface area contributed by atoms with E-state index in [9.17, 15) is 0 Å². The van der Waals surface area contributed by atoms with E-state index < -0.39 is 0 Å². The van der Waals surface area contributed by atoms with Gasteiger partial charge < -0.3 is 9.13 Å². The van der Waals surface area contributed by atoms with Crippen molar-refractivity contribution in [1.82, 2.24) is 9.13 Å². The number of hydrogen-bond acceptors (Lipinski definition) is 0. The Kier molecular flexibility index (Phi) is 5.91. The van der Waals surface area contributed by atoms with Crippen LogP contribution in [0.5, 0.6) is 0 Å². The van der Waals surface area contributed by atoms with Crippen LogP contribution in [0.2, 0.25) is 0 Å². The van der Waals surface area contributed by atoms with Gasteiger partial charge in [0, 0.05) is 38.3 Å². The van der Waals surface area contributed by atoms with Crippen LogP contribution in [0.3, 0.4) is 0 Å². The summed E-state index contributed by atoms with van der Waals surface area (Å²) in [6.45, 7) is 0. The normalized spacial score (nSPS) is 11.8. The van der Waals surface area contributed by atoms with Gasteiger partial charge in [-0.1, -0.05) is 140 Å². The fourth-order valence-corrected chi connectivity index (χ4v) is 7.76. The van der Waals surface area contributed by atoms with Crippen LogP contribution in [0, 0.1) is 0 Å². The van der Waals surface area contributed by atoms with E-state index in [4.69, 9.17) is 0 Å². The van der Waals surface area contributed by atoms with Gasteiger partial charge in [0.2, 0.25) is 0 Å². The molecule has 2 nitrogen and oxygen atoms in total. The Morgan fingerprint density at radius 2 is 0.729 bits per heavy atom. The van der Waals surface area contributed by atoms with Gasteiger partial charge >= 0.3 is 0 Å². The van der Waals surface area contributed by atoms with Crippen molar-refractivity contribution < 1.29 is 0 Å². The number of rotatable bonds is 4.